The number of aryl methyl sites for hydroxylation is 1. The molecule has 6 nitrogen and oxygen atoms in total. The SMILES string of the molecule is CSc1ccc2[nH]c([C@@H]3CCCN3c3cc(C)c[c]c3-n3nccn3)nc2c1. The molecule has 1 saturated heterocycles. The van der Waals surface area contributed by atoms with E-state index in [1.807, 2.05) is 6.07 Å². The number of aromatic amines is 1. The number of fused-ring (bicyclic) bond motifs is 1. The zero-order chi connectivity index (χ0) is 19.1. The molecule has 0 bridgehead atoms. The van der Waals surface area contributed by atoms with Crippen molar-refractivity contribution in [3.63, 3.8) is 0 Å². The fraction of sp³-hybridized carbons (Fsp3) is 0.286. The van der Waals surface area contributed by atoms with E-state index in [4.69, 9.17) is 4.98 Å². The molecule has 3 heterocycles. The van der Waals surface area contributed by atoms with Crippen LogP contribution in [0.15, 0.2) is 47.6 Å². The van der Waals surface area contributed by atoms with E-state index in [0.717, 1.165) is 47.6 Å². The topological polar surface area (TPSA) is 62.6 Å². The number of nitrogens with zero attached hydrogens (tertiary/aromatic N) is 5. The molecule has 1 atom stereocenters. The summed E-state index contributed by atoms with van der Waals surface area (Å²) in [6.07, 6.45) is 7.67. The van der Waals surface area contributed by atoms with Crippen LogP contribution >= 0.6 is 11.8 Å². The van der Waals surface area contributed by atoms with E-state index in [0.29, 0.717) is 0 Å². The van der Waals surface area contributed by atoms with Gasteiger partial charge in [0.25, 0.3) is 0 Å². The highest BCUT2D eigenvalue weighted by Crippen LogP contribution is 2.38. The molecule has 28 heavy (non-hydrogen) atoms. The smallest absolute Gasteiger partial charge is 0.130 e. The van der Waals surface area contributed by atoms with Crippen molar-refractivity contribution in [2.24, 2.45) is 0 Å². The van der Waals surface area contributed by atoms with E-state index in [2.05, 4.69) is 63.6 Å². The summed E-state index contributed by atoms with van der Waals surface area (Å²) >= 11 is 1.74. The Labute approximate surface area is 168 Å². The summed E-state index contributed by atoms with van der Waals surface area (Å²) < 4.78 is 0. The van der Waals surface area contributed by atoms with Crippen LogP contribution in [0.4, 0.5) is 5.69 Å². The van der Waals surface area contributed by atoms with Crippen molar-refractivity contribution in [3.05, 3.63) is 60.2 Å². The van der Waals surface area contributed by atoms with Crippen molar-refractivity contribution in [2.45, 2.75) is 30.7 Å². The van der Waals surface area contributed by atoms with Gasteiger partial charge < -0.3 is 9.88 Å². The lowest BCUT2D eigenvalue weighted by atomic mass is 10.1. The van der Waals surface area contributed by atoms with Crippen LogP contribution in [-0.4, -0.2) is 37.8 Å². The van der Waals surface area contributed by atoms with Crippen molar-refractivity contribution in [2.75, 3.05) is 17.7 Å². The lowest BCUT2D eigenvalue weighted by molar-refractivity contribution is 0.670. The summed E-state index contributed by atoms with van der Waals surface area (Å²) in [5, 5.41) is 8.64. The average molecular weight is 390 g/mol. The minimum absolute atomic E-state index is 0.203. The molecule has 0 aliphatic carbocycles. The number of aromatic nitrogens is 5. The molecule has 1 aliphatic rings. The Morgan fingerprint density at radius 3 is 2.89 bits per heavy atom. The number of thioether (sulfide) groups is 1. The number of hydrogen-bond donors (Lipinski definition) is 1. The first kappa shape index (κ1) is 17.3. The van der Waals surface area contributed by atoms with E-state index in [1.165, 1.54) is 10.5 Å². The van der Waals surface area contributed by atoms with Gasteiger partial charge >= 0.3 is 0 Å². The van der Waals surface area contributed by atoms with E-state index in [1.54, 1.807) is 29.0 Å². The van der Waals surface area contributed by atoms with E-state index >= 15 is 0 Å². The number of anilines is 1. The molecule has 0 spiro atoms. The Morgan fingerprint density at radius 1 is 1.21 bits per heavy atom. The molecule has 141 valence electrons. The van der Waals surface area contributed by atoms with Crippen LogP contribution in [-0.2, 0) is 0 Å². The molecule has 7 heteroatoms. The highest BCUT2D eigenvalue weighted by atomic mass is 32.2. The van der Waals surface area contributed by atoms with Crippen LogP contribution < -0.4 is 4.90 Å². The molecular formula is C21H21N6S. The van der Waals surface area contributed by atoms with Crippen molar-refractivity contribution in [3.8, 4) is 5.69 Å². The standard InChI is InChI=1S/C21H21N6S/c1-14-5-8-18(27-22-9-10-23-27)20(12-14)26-11-3-4-19(26)21-24-16-7-6-15(28-2)13-17(16)25-21/h5-7,9-10,12-13,19H,3-4,11H2,1-2H3,(H,24,25)/t19-/m0/s1. The Hall–Kier alpha value is -2.80. The number of imidazole rings is 1. The molecule has 1 N–H and O–H groups in total. The molecule has 2 aromatic carbocycles. The van der Waals surface area contributed by atoms with Gasteiger partial charge in [-0.3, -0.25) is 0 Å². The van der Waals surface area contributed by atoms with Crippen LogP contribution in [0.25, 0.3) is 16.7 Å². The first-order valence-corrected chi connectivity index (χ1v) is 10.6. The van der Waals surface area contributed by atoms with Gasteiger partial charge in [-0.1, -0.05) is 0 Å². The monoisotopic (exact) mass is 389 g/mol. The van der Waals surface area contributed by atoms with Gasteiger partial charge in [0.1, 0.15) is 11.5 Å². The zero-order valence-electron chi connectivity index (χ0n) is 15.9. The van der Waals surface area contributed by atoms with Gasteiger partial charge in [-0.25, -0.2) is 4.98 Å². The predicted octanol–water partition coefficient (Wildman–Crippen LogP) is 4.32. The minimum Gasteiger partial charge on any atom is -0.360 e. The van der Waals surface area contributed by atoms with Gasteiger partial charge in [0.05, 0.1) is 35.2 Å². The van der Waals surface area contributed by atoms with Crippen molar-refractivity contribution in [1.82, 2.24) is 25.0 Å². The lowest BCUT2D eigenvalue weighted by Crippen LogP contribution is -2.25. The van der Waals surface area contributed by atoms with Gasteiger partial charge in [0.2, 0.25) is 0 Å². The Kier molecular flexibility index (Phi) is 4.31. The largest absolute Gasteiger partial charge is 0.360 e. The molecule has 0 unspecified atom stereocenters. The van der Waals surface area contributed by atoms with Crippen molar-refractivity contribution < 1.29 is 0 Å². The van der Waals surface area contributed by atoms with Crippen LogP contribution in [0.1, 0.15) is 30.3 Å². The van der Waals surface area contributed by atoms with Crippen molar-refractivity contribution >= 4 is 28.5 Å². The van der Waals surface area contributed by atoms with E-state index in [9.17, 15) is 0 Å². The van der Waals surface area contributed by atoms with Gasteiger partial charge in [0.15, 0.2) is 0 Å². The lowest BCUT2D eigenvalue weighted by Gasteiger charge is -2.27. The van der Waals surface area contributed by atoms with Crippen LogP contribution in [0.2, 0.25) is 0 Å². The molecule has 4 aromatic rings. The van der Waals surface area contributed by atoms with Crippen LogP contribution in [0.5, 0.6) is 0 Å². The van der Waals surface area contributed by atoms with E-state index in [-0.39, 0.29) is 6.04 Å². The fourth-order valence-electron chi connectivity index (χ4n) is 3.92. The molecule has 0 amide bonds. The third-order valence-corrected chi connectivity index (χ3v) is 5.97. The summed E-state index contributed by atoms with van der Waals surface area (Å²) in [4.78, 5) is 13.8. The second-order valence-electron chi connectivity index (χ2n) is 7.09. The summed E-state index contributed by atoms with van der Waals surface area (Å²) in [5.41, 5.74) is 5.26. The summed E-state index contributed by atoms with van der Waals surface area (Å²) in [7, 11) is 0. The maximum atomic E-state index is 4.94. The number of rotatable bonds is 4. The second kappa shape index (κ2) is 6.98. The number of benzene rings is 2. The average Bonchev–Trinajstić information content (AvgIpc) is 3.46. The maximum Gasteiger partial charge on any atom is 0.130 e. The Morgan fingerprint density at radius 2 is 2.07 bits per heavy atom. The van der Waals surface area contributed by atoms with Crippen LogP contribution in [0.3, 0.4) is 0 Å². The van der Waals surface area contributed by atoms with Gasteiger partial charge in [0, 0.05) is 17.5 Å². The highest BCUT2D eigenvalue weighted by Gasteiger charge is 2.31. The summed E-state index contributed by atoms with van der Waals surface area (Å²) in [6.45, 7) is 3.07. The third kappa shape index (κ3) is 2.96. The number of nitrogens with one attached hydrogen (secondary N) is 1. The molecule has 0 saturated carbocycles. The first-order chi connectivity index (χ1) is 13.7. The van der Waals surface area contributed by atoms with Gasteiger partial charge in [-0.2, -0.15) is 10.2 Å². The third-order valence-electron chi connectivity index (χ3n) is 5.25. The summed E-state index contributed by atoms with van der Waals surface area (Å²) in [6, 6.07) is 14.2. The minimum atomic E-state index is 0.203. The second-order valence-corrected chi connectivity index (χ2v) is 7.97. The Bertz CT molecular complexity index is 1120. The van der Waals surface area contributed by atoms with Gasteiger partial charge in [-0.05, 0) is 61.9 Å². The quantitative estimate of drug-likeness (QED) is 0.527. The molecule has 1 fully saturated rings. The van der Waals surface area contributed by atoms with E-state index < -0.39 is 0 Å². The Balaban J connectivity index is 1.57. The zero-order valence-corrected chi connectivity index (χ0v) is 16.7. The molecule has 1 aliphatic heterocycles. The molecule has 1 radical (unpaired) electrons. The summed E-state index contributed by atoms with van der Waals surface area (Å²) in [5.74, 6) is 1.02. The maximum absolute atomic E-state index is 4.94. The molecule has 5 rings (SSSR count). The van der Waals surface area contributed by atoms with Crippen LogP contribution in [0, 0.1) is 13.0 Å². The first-order valence-electron chi connectivity index (χ1n) is 9.42. The fourth-order valence-corrected chi connectivity index (χ4v) is 4.36. The van der Waals surface area contributed by atoms with Crippen molar-refractivity contribution in [1.29, 1.82) is 0 Å². The number of H-pyrrole nitrogens is 1. The molecular weight excluding hydrogens is 368 g/mol. The number of hydrogen-bond acceptors (Lipinski definition) is 5. The molecule has 2 aromatic heterocycles. The van der Waals surface area contributed by atoms with Gasteiger partial charge in [-0.15, -0.1) is 16.6 Å². The normalized spacial score (nSPS) is 16.9. The predicted molar refractivity (Wildman–Crippen MR) is 112 cm³/mol. The highest BCUT2D eigenvalue weighted by molar-refractivity contribution is 7.98.